The third kappa shape index (κ3) is 4.51. The molecule has 2 aromatic rings. The predicted molar refractivity (Wildman–Crippen MR) is 105 cm³/mol. The molecule has 0 atom stereocenters. The number of piperazine rings is 1. The maximum absolute atomic E-state index is 12.6. The van der Waals surface area contributed by atoms with Gasteiger partial charge in [-0.05, 0) is 44.5 Å². The second-order valence-electron chi connectivity index (χ2n) is 7.11. The molecule has 0 saturated carbocycles. The Bertz CT molecular complexity index is 822. The SMILES string of the molecule is Cc1cc2ccccc2c(=O)n1CC(=O)NCCCN1CCN(C)CC1. The zero-order chi connectivity index (χ0) is 18.5. The number of benzene rings is 1. The lowest BCUT2D eigenvalue weighted by atomic mass is 10.1. The van der Waals surface area contributed by atoms with Crippen LogP contribution in [0.2, 0.25) is 0 Å². The van der Waals surface area contributed by atoms with Crippen molar-refractivity contribution in [1.29, 1.82) is 0 Å². The third-order valence-electron chi connectivity index (χ3n) is 5.10. The number of hydrogen-bond acceptors (Lipinski definition) is 4. The fourth-order valence-electron chi connectivity index (χ4n) is 3.42. The summed E-state index contributed by atoms with van der Waals surface area (Å²) in [6.45, 7) is 7.99. The van der Waals surface area contributed by atoms with Crippen molar-refractivity contribution in [2.24, 2.45) is 0 Å². The van der Waals surface area contributed by atoms with Crippen LogP contribution in [0, 0.1) is 6.92 Å². The van der Waals surface area contributed by atoms with Gasteiger partial charge in [0.1, 0.15) is 6.54 Å². The van der Waals surface area contributed by atoms with E-state index in [-0.39, 0.29) is 18.0 Å². The Hall–Kier alpha value is -2.18. The maximum Gasteiger partial charge on any atom is 0.259 e. The van der Waals surface area contributed by atoms with E-state index in [2.05, 4.69) is 22.2 Å². The molecule has 1 fully saturated rings. The number of nitrogens with zero attached hydrogens (tertiary/aromatic N) is 3. The van der Waals surface area contributed by atoms with Gasteiger partial charge < -0.3 is 19.7 Å². The van der Waals surface area contributed by atoms with Crippen molar-refractivity contribution in [2.45, 2.75) is 19.9 Å². The van der Waals surface area contributed by atoms with E-state index < -0.39 is 0 Å². The van der Waals surface area contributed by atoms with Crippen LogP contribution < -0.4 is 10.9 Å². The maximum atomic E-state index is 12.6. The van der Waals surface area contributed by atoms with Crippen LogP contribution in [0.15, 0.2) is 35.1 Å². The molecule has 6 nitrogen and oxygen atoms in total. The molecule has 1 N–H and O–H groups in total. The molecule has 26 heavy (non-hydrogen) atoms. The minimum Gasteiger partial charge on any atom is -0.355 e. The average Bonchev–Trinajstić information content (AvgIpc) is 2.64. The first-order valence-electron chi connectivity index (χ1n) is 9.31. The Morgan fingerprint density at radius 2 is 1.88 bits per heavy atom. The van der Waals surface area contributed by atoms with Gasteiger partial charge in [0.05, 0.1) is 0 Å². The van der Waals surface area contributed by atoms with E-state index in [1.54, 1.807) is 4.57 Å². The molecule has 1 aliphatic rings. The molecule has 0 radical (unpaired) electrons. The van der Waals surface area contributed by atoms with Gasteiger partial charge in [0.15, 0.2) is 0 Å². The molecule has 1 aromatic carbocycles. The molecule has 3 rings (SSSR count). The fourth-order valence-corrected chi connectivity index (χ4v) is 3.42. The van der Waals surface area contributed by atoms with Crippen molar-refractivity contribution in [3.8, 4) is 0 Å². The fraction of sp³-hybridized carbons (Fsp3) is 0.500. The number of amides is 1. The van der Waals surface area contributed by atoms with Crippen molar-refractivity contribution < 1.29 is 4.79 Å². The Balaban J connectivity index is 1.51. The summed E-state index contributed by atoms with van der Waals surface area (Å²) in [5.74, 6) is -0.108. The van der Waals surface area contributed by atoms with E-state index in [9.17, 15) is 9.59 Å². The number of aryl methyl sites for hydroxylation is 1. The van der Waals surface area contributed by atoms with Gasteiger partial charge in [-0.15, -0.1) is 0 Å². The van der Waals surface area contributed by atoms with E-state index in [1.807, 2.05) is 37.3 Å². The highest BCUT2D eigenvalue weighted by Crippen LogP contribution is 2.11. The molecular weight excluding hydrogens is 328 g/mol. The molecule has 1 aromatic heterocycles. The number of fused-ring (bicyclic) bond motifs is 1. The Kier molecular flexibility index (Phi) is 6.06. The van der Waals surface area contributed by atoms with Gasteiger partial charge in [-0.25, -0.2) is 0 Å². The Morgan fingerprint density at radius 3 is 2.65 bits per heavy atom. The largest absolute Gasteiger partial charge is 0.355 e. The van der Waals surface area contributed by atoms with Crippen LogP contribution in [0.25, 0.3) is 10.8 Å². The molecule has 0 aliphatic carbocycles. The van der Waals surface area contributed by atoms with Gasteiger partial charge in [0.2, 0.25) is 5.91 Å². The normalized spacial score (nSPS) is 16.1. The lowest BCUT2D eigenvalue weighted by Crippen LogP contribution is -2.45. The van der Waals surface area contributed by atoms with Gasteiger partial charge in [-0.2, -0.15) is 0 Å². The first kappa shape index (κ1) is 18.6. The predicted octanol–water partition coefficient (Wildman–Crippen LogP) is 1.06. The second kappa shape index (κ2) is 8.47. The van der Waals surface area contributed by atoms with Crippen LogP contribution in [0.1, 0.15) is 12.1 Å². The Morgan fingerprint density at radius 1 is 1.15 bits per heavy atom. The molecule has 1 aliphatic heterocycles. The first-order valence-corrected chi connectivity index (χ1v) is 9.31. The van der Waals surface area contributed by atoms with Crippen LogP contribution >= 0.6 is 0 Å². The van der Waals surface area contributed by atoms with Gasteiger partial charge in [-0.3, -0.25) is 9.59 Å². The molecule has 1 amide bonds. The zero-order valence-electron chi connectivity index (χ0n) is 15.7. The summed E-state index contributed by atoms with van der Waals surface area (Å²) >= 11 is 0. The lowest BCUT2D eigenvalue weighted by Gasteiger charge is -2.32. The molecule has 2 heterocycles. The zero-order valence-corrected chi connectivity index (χ0v) is 15.7. The molecular formula is C20H28N4O2. The smallest absolute Gasteiger partial charge is 0.259 e. The van der Waals surface area contributed by atoms with Crippen LogP contribution in [0.5, 0.6) is 0 Å². The van der Waals surface area contributed by atoms with Gasteiger partial charge in [0, 0.05) is 43.8 Å². The standard InChI is InChI=1S/C20H28N4O2/c1-16-14-17-6-3-4-7-18(17)20(26)24(16)15-19(25)21-8-5-9-23-12-10-22(2)11-13-23/h3-4,6-7,14H,5,8-13,15H2,1-2H3,(H,21,25). The Labute approximate surface area is 154 Å². The van der Waals surface area contributed by atoms with Crippen LogP contribution in [0.4, 0.5) is 0 Å². The molecule has 0 spiro atoms. The molecule has 6 heteroatoms. The van der Waals surface area contributed by atoms with E-state index in [0.29, 0.717) is 11.9 Å². The van der Waals surface area contributed by atoms with Crippen LogP contribution in [-0.2, 0) is 11.3 Å². The summed E-state index contributed by atoms with van der Waals surface area (Å²) < 4.78 is 1.55. The first-order chi connectivity index (χ1) is 12.5. The molecule has 1 saturated heterocycles. The monoisotopic (exact) mass is 356 g/mol. The minimum absolute atomic E-state index is 0.0734. The van der Waals surface area contributed by atoms with E-state index in [4.69, 9.17) is 0 Å². The summed E-state index contributed by atoms with van der Waals surface area (Å²) in [6, 6.07) is 9.45. The van der Waals surface area contributed by atoms with E-state index in [1.165, 1.54) is 0 Å². The number of carbonyl (C=O) groups excluding carboxylic acids is 1. The van der Waals surface area contributed by atoms with Gasteiger partial charge >= 0.3 is 0 Å². The number of aromatic nitrogens is 1. The molecule has 140 valence electrons. The van der Waals surface area contributed by atoms with Gasteiger partial charge in [0.25, 0.3) is 5.56 Å². The number of likely N-dealkylation sites (N-methyl/N-ethyl adjacent to an activating group) is 1. The average molecular weight is 356 g/mol. The summed E-state index contributed by atoms with van der Waals surface area (Å²) in [4.78, 5) is 29.6. The summed E-state index contributed by atoms with van der Waals surface area (Å²) in [5, 5.41) is 4.52. The highest BCUT2D eigenvalue weighted by atomic mass is 16.2. The van der Waals surface area contributed by atoms with Crippen molar-refractivity contribution in [2.75, 3.05) is 46.3 Å². The van der Waals surface area contributed by atoms with E-state index in [0.717, 1.165) is 50.2 Å². The topological polar surface area (TPSA) is 57.6 Å². The lowest BCUT2D eigenvalue weighted by molar-refractivity contribution is -0.121. The van der Waals surface area contributed by atoms with Crippen LogP contribution in [-0.4, -0.2) is 66.6 Å². The van der Waals surface area contributed by atoms with Crippen molar-refractivity contribution in [3.63, 3.8) is 0 Å². The number of pyridine rings is 1. The summed E-state index contributed by atoms with van der Waals surface area (Å²) in [6.07, 6.45) is 0.932. The highest BCUT2D eigenvalue weighted by Gasteiger charge is 2.13. The third-order valence-corrected chi connectivity index (χ3v) is 5.10. The van der Waals surface area contributed by atoms with Crippen LogP contribution in [0.3, 0.4) is 0 Å². The quantitative estimate of drug-likeness (QED) is 0.787. The van der Waals surface area contributed by atoms with Crippen molar-refractivity contribution in [3.05, 3.63) is 46.4 Å². The van der Waals surface area contributed by atoms with E-state index >= 15 is 0 Å². The minimum atomic E-state index is -0.108. The number of nitrogens with one attached hydrogen (secondary N) is 1. The number of rotatable bonds is 6. The number of carbonyl (C=O) groups is 1. The van der Waals surface area contributed by atoms with Crippen molar-refractivity contribution in [1.82, 2.24) is 19.7 Å². The summed E-state index contributed by atoms with van der Waals surface area (Å²) in [7, 11) is 2.15. The molecule has 0 bridgehead atoms. The summed E-state index contributed by atoms with van der Waals surface area (Å²) in [5.41, 5.74) is 0.703. The number of hydrogen-bond donors (Lipinski definition) is 1. The second-order valence-corrected chi connectivity index (χ2v) is 7.11. The van der Waals surface area contributed by atoms with Crippen molar-refractivity contribution >= 4 is 16.7 Å². The highest BCUT2D eigenvalue weighted by molar-refractivity contribution is 5.82. The molecule has 0 unspecified atom stereocenters. The van der Waals surface area contributed by atoms with Gasteiger partial charge in [-0.1, -0.05) is 18.2 Å².